The Balaban J connectivity index is 1.75. The van der Waals surface area contributed by atoms with Crippen molar-refractivity contribution in [3.63, 3.8) is 0 Å². The summed E-state index contributed by atoms with van der Waals surface area (Å²) in [5, 5.41) is 5.29. The lowest BCUT2D eigenvalue weighted by Gasteiger charge is -2.22. The fourth-order valence-electron chi connectivity index (χ4n) is 3.05. The zero-order valence-corrected chi connectivity index (χ0v) is 16.7. The van der Waals surface area contributed by atoms with E-state index in [1.54, 1.807) is 11.8 Å². The summed E-state index contributed by atoms with van der Waals surface area (Å²) in [6, 6.07) is 3.77. The predicted molar refractivity (Wildman–Crippen MR) is 105 cm³/mol. The smallest absolute Gasteiger partial charge is 0.273 e. The first-order valence-corrected chi connectivity index (χ1v) is 10.3. The maximum atomic E-state index is 13.2. The molecule has 0 bridgehead atoms. The van der Waals surface area contributed by atoms with E-state index >= 15 is 0 Å². The second-order valence-corrected chi connectivity index (χ2v) is 8.50. The first-order chi connectivity index (χ1) is 12.5. The number of hydrogen-bond donors (Lipinski definition) is 0. The number of hydrogen-bond acceptors (Lipinski definition) is 7. The highest BCUT2D eigenvalue weighted by Crippen LogP contribution is 2.34. The molecule has 0 radical (unpaired) electrons. The number of nitrogens with zero attached hydrogens (tertiary/aromatic N) is 4. The zero-order chi connectivity index (χ0) is 18.3. The molecule has 1 saturated heterocycles. The van der Waals surface area contributed by atoms with Gasteiger partial charge in [-0.15, -0.1) is 5.10 Å². The van der Waals surface area contributed by atoms with Gasteiger partial charge in [0.15, 0.2) is 5.13 Å². The molecule has 9 heteroatoms. The minimum atomic E-state index is -0.129. The van der Waals surface area contributed by atoms with E-state index in [1.165, 1.54) is 11.3 Å². The van der Waals surface area contributed by atoms with Gasteiger partial charge in [-0.2, -0.15) is 0 Å². The molecule has 3 heterocycles. The molecule has 1 fully saturated rings. The molecule has 136 valence electrons. The Bertz CT molecular complexity index is 965. The summed E-state index contributed by atoms with van der Waals surface area (Å²) in [6.45, 7) is 4.98. The van der Waals surface area contributed by atoms with Crippen LogP contribution in [0.3, 0.4) is 0 Å². The molecule has 1 atom stereocenters. The molecule has 6 nitrogen and oxygen atoms in total. The van der Waals surface area contributed by atoms with Crippen molar-refractivity contribution in [2.45, 2.75) is 32.8 Å². The Morgan fingerprint density at radius 2 is 2.27 bits per heavy atom. The number of anilines is 1. The number of thiazole rings is 1. The van der Waals surface area contributed by atoms with Crippen LogP contribution in [0, 0.1) is 13.8 Å². The number of benzene rings is 1. The van der Waals surface area contributed by atoms with Crippen LogP contribution in [0.5, 0.6) is 0 Å². The van der Waals surface area contributed by atoms with E-state index in [1.807, 2.05) is 19.1 Å². The van der Waals surface area contributed by atoms with Crippen molar-refractivity contribution < 1.29 is 9.53 Å². The fourth-order valence-corrected chi connectivity index (χ4v) is 5.08. The van der Waals surface area contributed by atoms with Gasteiger partial charge in [-0.25, -0.2) is 4.98 Å². The average Bonchev–Trinajstić information content (AvgIpc) is 3.32. The summed E-state index contributed by atoms with van der Waals surface area (Å²) < 4.78 is 10.6. The number of carbonyl (C=O) groups excluding carboxylic acids is 1. The highest BCUT2D eigenvalue weighted by molar-refractivity contribution is 7.22. The molecule has 4 rings (SSSR count). The maximum absolute atomic E-state index is 13.2. The van der Waals surface area contributed by atoms with Crippen LogP contribution in [0.1, 0.15) is 33.8 Å². The van der Waals surface area contributed by atoms with Crippen LogP contribution in [0.2, 0.25) is 5.02 Å². The lowest BCUT2D eigenvalue weighted by Crippen LogP contribution is -2.37. The quantitative estimate of drug-likeness (QED) is 0.645. The van der Waals surface area contributed by atoms with Crippen molar-refractivity contribution in [3.8, 4) is 0 Å². The topological polar surface area (TPSA) is 68.2 Å². The Labute approximate surface area is 163 Å². The Morgan fingerprint density at radius 1 is 1.42 bits per heavy atom. The van der Waals surface area contributed by atoms with Crippen LogP contribution in [0.4, 0.5) is 5.13 Å². The van der Waals surface area contributed by atoms with Crippen LogP contribution in [-0.4, -0.2) is 39.7 Å². The predicted octanol–water partition coefficient (Wildman–Crippen LogP) is 4.24. The molecule has 0 N–H and O–H groups in total. The number of halogens is 1. The van der Waals surface area contributed by atoms with Crippen LogP contribution < -0.4 is 4.90 Å². The van der Waals surface area contributed by atoms with Gasteiger partial charge >= 0.3 is 0 Å². The first kappa shape index (κ1) is 17.8. The molecule has 1 aromatic carbocycles. The third-order valence-electron chi connectivity index (χ3n) is 4.37. The molecule has 1 amide bonds. The molecule has 0 spiro atoms. The monoisotopic (exact) mass is 408 g/mol. The van der Waals surface area contributed by atoms with Crippen molar-refractivity contribution >= 4 is 55.7 Å². The molecule has 1 aliphatic rings. The molecular formula is C17H17ClN4O2S2. The van der Waals surface area contributed by atoms with Gasteiger partial charge in [-0.1, -0.05) is 27.4 Å². The second-order valence-electron chi connectivity index (χ2n) is 6.30. The average molecular weight is 409 g/mol. The highest BCUT2D eigenvalue weighted by atomic mass is 35.5. The van der Waals surface area contributed by atoms with Gasteiger partial charge in [-0.05, 0) is 55.9 Å². The summed E-state index contributed by atoms with van der Waals surface area (Å²) in [7, 11) is 0. The number of aryl methyl sites for hydroxylation is 2. The zero-order valence-electron chi connectivity index (χ0n) is 14.4. The molecule has 2 aromatic heterocycles. The van der Waals surface area contributed by atoms with Crippen molar-refractivity contribution in [2.24, 2.45) is 0 Å². The molecule has 26 heavy (non-hydrogen) atoms. The third kappa shape index (κ3) is 3.34. The molecule has 0 aliphatic carbocycles. The number of aromatic nitrogens is 3. The van der Waals surface area contributed by atoms with E-state index in [4.69, 9.17) is 21.3 Å². The summed E-state index contributed by atoms with van der Waals surface area (Å²) >= 11 is 8.76. The van der Waals surface area contributed by atoms with Gasteiger partial charge in [0.05, 0.1) is 28.6 Å². The maximum Gasteiger partial charge on any atom is 0.273 e. The van der Waals surface area contributed by atoms with Crippen LogP contribution >= 0.6 is 34.5 Å². The largest absolute Gasteiger partial charge is 0.376 e. The summed E-state index contributed by atoms with van der Waals surface area (Å²) in [5.41, 5.74) is 2.51. The molecular weight excluding hydrogens is 392 g/mol. The minimum Gasteiger partial charge on any atom is -0.376 e. The fraction of sp³-hybridized carbons (Fsp3) is 0.412. The van der Waals surface area contributed by atoms with Crippen LogP contribution in [-0.2, 0) is 4.74 Å². The second kappa shape index (κ2) is 7.19. The number of fused-ring (bicyclic) bond motifs is 1. The van der Waals surface area contributed by atoms with Gasteiger partial charge in [-0.3, -0.25) is 9.69 Å². The standard InChI is InChI=1S/C17H17ClN4O2S2/c1-9-6-11(18)7-13-14(9)19-17(25-13)22(8-12-4-3-5-24-12)16(23)15-10(2)20-21-26-15/h6-7,12H,3-5,8H2,1-2H3. The van der Waals surface area contributed by atoms with Gasteiger partial charge < -0.3 is 4.74 Å². The Morgan fingerprint density at radius 3 is 2.96 bits per heavy atom. The number of ether oxygens (including phenoxy) is 1. The molecule has 3 aromatic rings. The van der Waals surface area contributed by atoms with E-state index in [9.17, 15) is 4.79 Å². The van der Waals surface area contributed by atoms with Crippen molar-refractivity contribution in [1.82, 2.24) is 14.6 Å². The highest BCUT2D eigenvalue weighted by Gasteiger charge is 2.29. The van der Waals surface area contributed by atoms with Gasteiger partial charge in [0.2, 0.25) is 0 Å². The number of rotatable bonds is 4. The summed E-state index contributed by atoms with van der Waals surface area (Å²) in [5.74, 6) is -0.129. The molecule has 1 unspecified atom stereocenters. The van der Waals surface area contributed by atoms with Gasteiger partial charge in [0.1, 0.15) is 4.88 Å². The Hall–Kier alpha value is -1.61. The van der Waals surface area contributed by atoms with Gasteiger partial charge in [0, 0.05) is 11.6 Å². The van der Waals surface area contributed by atoms with E-state index in [0.717, 1.165) is 46.8 Å². The van der Waals surface area contributed by atoms with E-state index in [2.05, 4.69) is 9.59 Å². The number of amides is 1. The van der Waals surface area contributed by atoms with Crippen molar-refractivity contribution in [3.05, 3.63) is 33.3 Å². The Kier molecular flexibility index (Phi) is 4.92. The molecule has 0 saturated carbocycles. The van der Waals surface area contributed by atoms with Crippen molar-refractivity contribution in [2.75, 3.05) is 18.1 Å². The normalized spacial score (nSPS) is 17.1. The van der Waals surface area contributed by atoms with E-state index < -0.39 is 0 Å². The van der Waals surface area contributed by atoms with E-state index in [0.29, 0.717) is 27.3 Å². The molecule has 1 aliphatic heterocycles. The SMILES string of the molecule is Cc1nnsc1C(=O)N(CC1CCCO1)c1nc2c(C)cc(Cl)cc2s1. The number of carbonyl (C=O) groups is 1. The minimum absolute atomic E-state index is 0.0248. The van der Waals surface area contributed by atoms with Crippen LogP contribution in [0.25, 0.3) is 10.2 Å². The lowest BCUT2D eigenvalue weighted by molar-refractivity contribution is 0.0920. The van der Waals surface area contributed by atoms with Crippen molar-refractivity contribution in [1.29, 1.82) is 0 Å². The van der Waals surface area contributed by atoms with E-state index in [-0.39, 0.29) is 12.0 Å². The summed E-state index contributed by atoms with van der Waals surface area (Å²) in [4.78, 5) is 20.2. The van der Waals surface area contributed by atoms with Crippen LogP contribution in [0.15, 0.2) is 12.1 Å². The third-order valence-corrected chi connectivity index (χ3v) is 6.43. The van der Waals surface area contributed by atoms with Gasteiger partial charge in [0.25, 0.3) is 5.91 Å². The first-order valence-electron chi connectivity index (χ1n) is 8.32. The lowest BCUT2D eigenvalue weighted by atomic mass is 10.2. The summed E-state index contributed by atoms with van der Waals surface area (Å²) in [6.07, 6.45) is 1.99.